The van der Waals surface area contributed by atoms with Crippen molar-refractivity contribution in [3.8, 4) is 0 Å². The summed E-state index contributed by atoms with van der Waals surface area (Å²) in [4.78, 5) is 27.8. The maximum absolute atomic E-state index is 11.8. The maximum Gasteiger partial charge on any atom is 0.326 e. The van der Waals surface area contributed by atoms with Crippen molar-refractivity contribution in [2.24, 2.45) is 7.05 Å². The van der Waals surface area contributed by atoms with Crippen molar-refractivity contribution in [2.75, 3.05) is 0 Å². The first-order chi connectivity index (χ1) is 8.06. The number of nitrogens with one attached hydrogen (secondary N) is 2. The number of aromatic nitrogens is 4. The Bertz CT molecular complexity index is 858. The third-order valence-electron chi connectivity index (χ3n) is 2.57. The molecule has 1 aromatic carbocycles. The standard InChI is InChI=1S/C10H7BrN4O2/c1-15-3-4-7-6(2-5(11)8(4)14-15)12-10(17)13-9(7)16/h2-3H,1H3,(H2,12,13,16,17). The molecule has 3 rings (SSSR count). The van der Waals surface area contributed by atoms with E-state index in [0.717, 1.165) is 4.47 Å². The second-order valence-electron chi connectivity index (χ2n) is 3.75. The first-order valence-corrected chi connectivity index (χ1v) is 5.64. The highest BCUT2D eigenvalue weighted by Crippen LogP contribution is 2.27. The Kier molecular flexibility index (Phi) is 1.99. The Morgan fingerprint density at radius 1 is 1.35 bits per heavy atom. The average molecular weight is 295 g/mol. The first kappa shape index (κ1) is 10.3. The molecule has 0 saturated heterocycles. The van der Waals surface area contributed by atoms with Crippen molar-refractivity contribution in [1.82, 2.24) is 19.7 Å². The SMILES string of the molecule is Cn1cc2c(n1)c(Br)cc1[nH]c(=O)[nH]c(=O)c12. The lowest BCUT2D eigenvalue weighted by molar-refractivity contribution is 0.779. The lowest BCUT2D eigenvalue weighted by Gasteiger charge is -1.99. The van der Waals surface area contributed by atoms with Gasteiger partial charge in [0.05, 0.1) is 10.9 Å². The van der Waals surface area contributed by atoms with E-state index in [0.29, 0.717) is 21.8 Å². The van der Waals surface area contributed by atoms with Gasteiger partial charge in [0.2, 0.25) is 0 Å². The molecule has 0 fully saturated rings. The lowest BCUT2D eigenvalue weighted by Crippen LogP contribution is -2.21. The van der Waals surface area contributed by atoms with E-state index in [2.05, 4.69) is 31.0 Å². The molecule has 0 spiro atoms. The van der Waals surface area contributed by atoms with Crippen LogP contribution in [0.3, 0.4) is 0 Å². The van der Waals surface area contributed by atoms with Crippen LogP contribution in [0.25, 0.3) is 21.8 Å². The van der Waals surface area contributed by atoms with Crippen molar-refractivity contribution in [3.63, 3.8) is 0 Å². The van der Waals surface area contributed by atoms with Gasteiger partial charge in [-0.15, -0.1) is 0 Å². The molecule has 0 radical (unpaired) electrons. The van der Waals surface area contributed by atoms with Crippen LogP contribution in [0.2, 0.25) is 0 Å². The summed E-state index contributed by atoms with van der Waals surface area (Å²) in [5, 5.41) is 5.40. The van der Waals surface area contributed by atoms with Crippen molar-refractivity contribution in [1.29, 1.82) is 0 Å². The second-order valence-corrected chi connectivity index (χ2v) is 4.61. The number of aryl methyl sites for hydroxylation is 1. The van der Waals surface area contributed by atoms with Crippen molar-refractivity contribution in [2.45, 2.75) is 0 Å². The molecule has 86 valence electrons. The third-order valence-corrected chi connectivity index (χ3v) is 3.17. The van der Waals surface area contributed by atoms with Crippen LogP contribution >= 0.6 is 15.9 Å². The predicted molar refractivity (Wildman–Crippen MR) is 67.2 cm³/mol. The topological polar surface area (TPSA) is 83.5 Å². The molecule has 0 aliphatic carbocycles. The fraction of sp³-hybridized carbons (Fsp3) is 0.100. The highest BCUT2D eigenvalue weighted by atomic mass is 79.9. The zero-order valence-electron chi connectivity index (χ0n) is 8.74. The van der Waals surface area contributed by atoms with Crippen LogP contribution in [0.4, 0.5) is 0 Å². The van der Waals surface area contributed by atoms with E-state index in [9.17, 15) is 9.59 Å². The van der Waals surface area contributed by atoms with E-state index in [4.69, 9.17) is 0 Å². The minimum Gasteiger partial charge on any atom is -0.307 e. The molecule has 0 atom stereocenters. The maximum atomic E-state index is 11.8. The van der Waals surface area contributed by atoms with E-state index < -0.39 is 11.2 Å². The quantitative estimate of drug-likeness (QED) is 0.645. The number of aromatic amines is 2. The molecule has 0 amide bonds. The van der Waals surface area contributed by atoms with E-state index in [-0.39, 0.29) is 0 Å². The Labute approximate surface area is 102 Å². The molecule has 0 unspecified atom stereocenters. The molecular weight excluding hydrogens is 288 g/mol. The number of fused-ring (bicyclic) bond motifs is 3. The van der Waals surface area contributed by atoms with Gasteiger partial charge >= 0.3 is 5.69 Å². The Morgan fingerprint density at radius 3 is 2.88 bits per heavy atom. The summed E-state index contributed by atoms with van der Waals surface area (Å²) >= 11 is 3.37. The number of halogens is 1. The Hall–Kier alpha value is -1.89. The number of rotatable bonds is 0. The molecular formula is C10H7BrN4O2. The van der Waals surface area contributed by atoms with Crippen LogP contribution in [0.5, 0.6) is 0 Å². The van der Waals surface area contributed by atoms with Crippen LogP contribution in [0.15, 0.2) is 26.3 Å². The first-order valence-electron chi connectivity index (χ1n) is 4.84. The number of H-pyrrole nitrogens is 2. The summed E-state index contributed by atoms with van der Waals surface area (Å²) < 4.78 is 2.36. The zero-order valence-corrected chi connectivity index (χ0v) is 10.3. The van der Waals surface area contributed by atoms with Crippen LogP contribution in [0, 0.1) is 0 Å². The smallest absolute Gasteiger partial charge is 0.307 e. The summed E-state index contributed by atoms with van der Waals surface area (Å²) in [5.41, 5.74) is 0.260. The van der Waals surface area contributed by atoms with Gasteiger partial charge in [0.15, 0.2) is 0 Å². The molecule has 0 bridgehead atoms. The molecule has 0 aliphatic rings. The van der Waals surface area contributed by atoms with Gasteiger partial charge in [-0.2, -0.15) is 5.10 Å². The van der Waals surface area contributed by atoms with Gasteiger partial charge in [-0.1, -0.05) is 0 Å². The monoisotopic (exact) mass is 294 g/mol. The normalized spacial score (nSPS) is 11.4. The van der Waals surface area contributed by atoms with Gasteiger partial charge in [0, 0.05) is 23.1 Å². The fourth-order valence-corrected chi connectivity index (χ4v) is 2.44. The highest BCUT2D eigenvalue weighted by molar-refractivity contribution is 9.10. The van der Waals surface area contributed by atoms with Crippen LogP contribution in [0.1, 0.15) is 0 Å². The molecule has 7 heteroatoms. The molecule has 0 aliphatic heterocycles. The van der Waals surface area contributed by atoms with E-state index in [1.54, 1.807) is 24.0 Å². The predicted octanol–water partition coefficient (Wildman–Crippen LogP) is 0.866. The van der Waals surface area contributed by atoms with Gasteiger partial charge in [-0.05, 0) is 22.0 Å². The number of hydrogen-bond donors (Lipinski definition) is 2. The average Bonchev–Trinajstić information content (AvgIpc) is 2.58. The lowest BCUT2D eigenvalue weighted by atomic mass is 10.1. The summed E-state index contributed by atoms with van der Waals surface area (Å²) in [6, 6.07) is 1.68. The van der Waals surface area contributed by atoms with E-state index in [1.165, 1.54) is 0 Å². The van der Waals surface area contributed by atoms with Gasteiger partial charge < -0.3 is 4.98 Å². The molecule has 17 heavy (non-hydrogen) atoms. The van der Waals surface area contributed by atoms with Crippen LogP contribution < -0.4 is 11.2 Å². The minimum absolute atomic E-state index is 0.408. The molecule has 3 aromatic rings. The number of hydrogen-bond acceptors (Lipinski definition) is 3. The van der Waals surface area contributed by atoms with E-state index >= 15 is 0 Å². The van der Waals surface area contributed by atoms with E-state index in [1.807, 2.05) is 0 Å². The second kappa shape index (κ2) is 3.30. The Balaban J connectivity index is 2.72. The molecule has 2 heterocycles. The van der Waals surface area contributed by atoms with Crippen LogP contribution in [-0.2, 0) is 7.05 Å². The molecule has 2 N–H and O–H groups in total. The fourth-order valence-electron chi connectivity index (χ4n) is 1.92. The molecule has 0 saturated carbocycles. The van der Waals surface area contributed by atoms with Crippen molar-refractivity contribution in [3.05, 3.63) is 37.6 Å². The summed E-state index contributed by atoms with van der Waals surface area (Å²) in [5.74, 6) is 0. The van der Waals surface area contributed by atoms with Crippen molar-refractivity contribution < 1.29 is 0 Å². The summed E-state index contributed by atoms with van der Waals surface area (Å²) in [7, 11) is 1.78. The largest absolute Gasteiger partial charge is 0.326 e. The van der Waals surface area contributed by atoms with Gasteiger partial charge in [0.25, 0.3) is 5.56 Å². The van der Waals surface area contributed by atoms with Crippen LogP contribution in [-0.4, -0.2) is 19.7 Å². The Morgan fingerprint density at radius 2 is 2.12 bits per heavy atom. The molecule has 6 nitrogen and oxygen atoms in total. The minimum atomic E-state index is -0.516. The number of nitrogens with zero attached hydrogens (tertiary/aromatic N) is 2. The highest BCUT2D eigenvalue weighted by Gasteiger charge is 2.12. The van der Waals surface area contributed by atoms with Gasteiger partial charge in [-0.25, -0.2) is 4.79 Å². The summed E-state index contributed by atoms with van der Waals surface area (Å²) in [6.07, 6.45) is 1.75. The van der Waals surface area contributed by atoms with Crippen molar-refractivity contribution >= 4 is 37.7 Å². The number of benzene rings is 1. The molecule has 2 aromatic heterocycles. The van der Waals surface area contributed by atoms with Gasteiger partial charge in [0.1, 0.15) is 5.52 Å². The van der Waals surface area contributed by atoms with Gasteiger partial charge in [-0.3, -0.25) is 14.5 Å². The zero-order chi connectivity index (χ0) is 12.2. The summed E-state index contributed by atoms with van der Waals surface area (Å²) in [6.45, 7) is 0. The third kappa shape index (κ3) is 1.42.